The van der Waals surface area contributed by atoms with Gasteiger partial charge in [-0.25, -0.2) is 4.98 Å². The number of hydrogen-bond acceptors (Lipinski definition) is 5. The summed E-state index contributed by atoms with van der Waals surface area (Å²) < 4.78 is 42.4. The van der Waals surface area contributed by atoms with Gasteiger partial charge in [0.05, 0.1) is 25.2 Å². The third kappa shape index (κ3) is 3.81. The molecule has 1 aromatic rings. The van der Waals surface area contributed by atoms with Gasteiger partial charge in [-0.1, -0.05) is 0 Å². The molecule has 1 rings (SSSR count). The van der Waals surface area contributed by atoms with Gasteiger partial charge in [0.2, 0.25) is 5.88 Å². The second kappa shape index (κ2) is 6.06. The van der Waals surface area contributed by atoms with Crippen molar-refractivity contribution in [2.45, 2.75) is 24.8 Å². The first-order valence-corrected chi connectivity index (χ1v) is 5.36. The van der Waals surface area contributed by atoms with E-state index in [1.807, 2.05) is 0 Å². The number of ether oxygens (including phenoxy) is 1. The Labute approximate surface area is 111 Å². The highest BCUT2D eigenvalue weighted by atomic mass is 19.4. The Balaban J connectivity index is 3.16. The fourth-order valence-corrected chi connectivity index (χ4v) is 1.50. The summed E-state index contributed by atoms with van der Waals surface area (Å²) in [6.45, 7) is 0. The first-order chi connectivity index (χ1) is 9.16. The van der Waals surface area contributed by atoms with E-state index < -0.39 is 41.9 Å². The van der Waals surface area contributed by atoms with Gasteiger partial charge in [-0.3, -0.25) is 4.79 Å². The van der Waals surface area contributed by atoms with E-state index in [1.54, 1.807) is 0 Å². The van der Waals surface area contributed by atoms with Crippen molar-refractivity contribution in [1.82, 2.24) is 4.98 Å². The number of alkyl halides is 3. The molecule has 20 heavy (non-hydrogen) atoms. The van der Waals surface area contributed by atoms with Crippen LogP contribution in [-0.2, 0) is 11.0 Å². The SMILES string of the molecule is COc1ncc(C(F)(F)F)cc1C(O)C(O)CC(=O)O. The molecule has 112 valence electrons. The van der Waals surface area contributed by atoms with Crippen LogP contribution in [0.2, 0.25) is 0 Å². The van der Waals surface area contributed by atoms with Gasteiger partial charge in [0.1, 0.15) is 6.10 Å². The summed E-state index contributed by atoms with van der Waals surface area (Å²) >= 11 is 0. The van der Waals surface area contributed by atoms with Crippen LogP contribution in [-0.4, -0.2) is 39.5 Å². The van der Waals surface area contributed by atoms with Crippen molar-refractivity contribution in [1.29, 1.82) is 0 Å². The number of pyridine rings is 1. The number of carbonyl (C=O) groups is 1. The quantitative estimate of drug-likeness (QED) is 0.748. The lowest BCUT2D eigenvalue weighted by Gasteiger charge is -2.19. The van der Waals surface area contributed by atoms with E-state index in [2.05, 4.69) is 4.98 Å². The van der Waals surface area contributed by atoms with E-state index in [4.69, 9.17) is 9.84 Å². The van der Waals surface area contributed by atoms with Crippen LogP contribution >= 0.6 is 0 Å². The van der Waals surface area contributed by atoms with Crippen molar-refractivity contribution in [2.24, 2.45) is 0 Å². The molecule has 0 aliphatic carbocycles. The predicted octanol–water partition coefficient (Wildman–Crippen LogP) is 0.978. The van der Waals surface area contributed by atoms with E-state index in [9.17, 15) is 28.2 Å². The largest absolute Gasteiger partial charge is 0.481 e. The van der Waals surface area contributed by atoms with E-state index in [1.165, 1.54) is 0 Å². The highest BCUT2D eigenvalue weighted by molar-refractivity contribution is 5.67. The molecule has 0 radical (unpaired) electrons. The monoisotopic (exact) mass is 295 g/mol. The molecule has 0 aromatic carbocycles. The predicted molar refractivity (Wildman–Crippen MR) is 59.0 cm³/mol. The summed E-state index contributed by atoms with van der Waals surface area (Å²) in [5, 5.41) is 27.7. The Morgan fingerprint density at radius 3 is 2.50 bits per heavy atom. The van der Waals surface area contributed by atoms with E-state index >= 15 is 0 Å². The lowest BCUT2D eigenvalue weighted by Crippen LogP contribution is -2.23. The zero-order valence-corrected chi connectivity index (χ0v) is 10.3. The molecule has 0 spiro atoms. The van der Waals surface area contributed by atoms with Crippen molar-refractivity contribution in [2.75, 3.05) is 7.11 Å². The normalized spacial score (nSPS) is 14.7. The highest BCUT2D eigenvalue weighted by Gasteiger charge is 2.34. The molecule has 0 aliphatic heterocycles. The summed E-state index contributed by atoms with van der Waals surface area (Å²) in [7, 11) is 1.12. The number of aliphatic hydroxyl groups excluding tert-OH is 2. The Morgan fingerprint density at radius 2 is 2.05 bits per heavy atom. The molecule has 0 saturated heterocycles. The van der Waals surface area contributed by atoms with Crippen LogP contribution < -0.4 is 4.74 Å². The smallest absolute Gasteiger partial charge is 0.417 e. The number of carboxylic acids is 1. The Morgan fingerprint density at radius 1 is 1.45 bits per heavy atom. The van der Waals surface area contributed by atoms with Crippen molar-refractivity contribution >= 4 is 5.97 Å². The third-order valence-electron chi connectivity index (χ3n) is 2.47. The summed E-state index contributed by atoms with van der Waals surface area (Å²) in [5.74, 6) is -1.73. The van der Waals surface area contributed by atoms with Gasteiger partial charge in [-0.2, -0.15) is 13.2 Å². The van der Waals surface area contributed by atoms with Crippen LogP contribution in [0.4, 0.5) is 13.2 Å². The molecule has 0 fully saturated rings. The summed E-state index contributed by atoms with van der Waals surface area (Å²) in [6.07, 6.45) is -8.66. The maximum absolute atomic E-state index is 12.6. The van der Waals surface area contributed by atoms with Crippen molar-refractivity contribution in [3.8, 4) is 5.88 Å². The van der Waals surface area contributed by atoms with Crippen LogP contribution in [0.15, 0.2) is 12.3 Å². The summed E-state index contributed by atoms with van der Waals surface area (Å²) in [6, 6.07) is 0.557. The molecule has 2 atom stereocenters. The maximum Gasteiger partial charge on any atom is 0.417 e. The Kier molecular flexibility index (Phi) is 4.90. The summed E-state index contributed by atoms with van der Waals surface area (Å²) in [5.41, 5.74) is -1.58. The number of rotatable bonds is 5. The van der Waals surface area contributed by atoms with Crippen molar-refractivity contribution < 1.29 is 38.0 Å². The van der Waals surface area contributed by atoms with Gasteiger partial charge in [-0.15, -0.1) is 0 Å². The van der Waals surface area contributed by atoms with Gasteiger partial charge >= 0.3 is 12.1 Å². The van der Waals surface area contributed by atoms with E-state index in [-0.39, 0.29) is 5.88 Å². The molecule has 9 heteroatoms. The molecule has 0 aliphatic rings. The number of aliphatic hydroxyl groups is 2. The van der Waals surface area contributed by atoms with Crippen molar-refractivity contribution in [3.05, 3.63) is 23.4 Å². The van der Waals surface area contributed by atoms with Crippen LogP contribution in [0.5, 0.6) is 5.88 Å². The van der Waals surface area contributed by atoms with Crippen molar-refractivity contribution in [3.63, 3.8) is 0 Å². The molecular weight excluding hydrogens is 283 g/mol. The molecule has 3 N–H and O–H groups in total. The van der Waals surface area contributed by atoms with Gasteiger partial charge in [0.25, 0.3) is 0 Å². The zero-order chi connectivity index (χ0) is 15.5. The number of nitrogens with zero attached hydrogens (tertiary/aromatic N) is 1. The van der Waals surface area contributed by atoms with Crippen LogP contribution in [0.1, 0.15) is 23.7 Å². The van der Waals surface area contributed by atoms with Gasteiger partial charge in [0.15, 0.2) is 0 Å². The molecule has 6 nitrogen and oxygen atoms in total. The number of methoxy groups -OCH3 is 1. The first kappa shape index (κ1) is 16.2. The minimum absolute atomic E-state index is 0.324. The molecule has 1 heterocycles. The van der Waals surface area contributed by atoms with Crippen LogP contribution in [0, 0.1) is 0 Å². The number of halogens is 3. The minimum Gasteiger partial charge on any atom is -0.481 e. The molecule has 0 amide bonds. The van der Waals surface area contributed by atoms with Gasteiger partial charge in [-0.05, 0) is 6.07 Å². The van der Waals surface area contributed by atoms with E-state index in [0.29, 0.717) is 12.3 Å². The van der Waals surface area contributed by atoms with Crippen LogP contribution in [0.3, 0.4) is 0 Å². The Hall–Kier alpha value is -1.87. The summed E-state index contributed by atoms with van der Waals surface area (Å²) in [4.78, 5) is 13.8. The molecule has 2 unspecified atom stereocenters. The topological polar surface area (TPSA) is 99.9 Å². The molecule has 1 aromatic heterocycles. The Bertz CT molecular complexity index is 491. The fraction of sp³-hybridized carbons (Fsp3) is 0.455. The fourth-order valence-electron chi connectivity index (χ4n) is 1.50. The minimum atomic E-state index is -4.69. The average molecular weight is 295 g/mol. The molecule has 0 bridgehead atoms. The van der Waals surface area contributed by atoms with E-state index in [0.717, 1.165) is 7.11 Å². The molecular formula is C11H12F3NO5. The maximum atomic E-state index is 12.6. The number of aliphatic carboxylic acids is 1. The number of carboxylic acid groups (broad SMARTS) is 1. The highest BCUT2D eigenvalue weighted by Crippen LogP contribution is 2.34. The standard InChI is InChI=1S/C11H12F3NO5/c1-20-10-6(9(19)7(16)3-8(17)18)2-5(4-15-10)11(12,13)14/h2,4,7,9,16,19H,3H2,1H3,(H,17,18). The average Bonchev–Trinajstić information content (AvgIpc) is 2.35. The van der Waals surface area contributed by atoms with Crippen LogP contribution in [0.25, 0.3) is 0 Å². The lowest BCUT2D eigenvalue weighted by molar-refractivity contribution is -0.142. The first-order valence-electron chi connectivity index (χ1n) is 5.36. The van der Waals surface area contributed by atoms with Gasteiger partial charge < -0.3 is 20.1 Å². The number of aromatic nitrogens is 1. The third-order valence-corrected chi connectivity index (χ3v) is 2.47. The number of hydrogen-bond donors (Lipinski definition) is 3. The second-order valence-electron chi connectivity index (χ2n) is 3.93. The second-order valence-corrected chi connectivity index (χ2v) is 3.93. The van der Waals surface area contributed by atoms with Gasteiger partial charge in [0, 0.05) is 11.8 Å². The molecule has 0 saturated carbocycles. The zero-order valence-electron chi connectivity index (χ0n) is 10.3. The lowest BCUT2D eigenvalue weighted by atomic mass is 10.0.